The number of carbonyl (C=O) groups excluding carboxylic acids is 1. The summed E-state index contributed by atoms with van der Waals surface area (Å²) in [6.07, 6.45) is -2.71. The Morgan fingerprint density at radius 2 is 2.17 bits per heavy atom. The summed E-state index contributed by atoms with van der Waals surface area (Å²) >= 11 is 1.83. The summed E-state index contributed by atoms with van der Waals surface area (Å²) < 4.78 is 42.4. The van der Waals surface area contributed by atoms with E-state index in [1.807, 2.05) is 11.8 Å². The number of rotatable bonds is 4. The van der Waals surface area contributed by atoms with Crippen LogP contribution in [0.25, 0.3) is 0 Å². The molecule has 1 N–H and O–H groups in total. The van der Waals surface area contributed by atoms with Gasteiger partial charge in [0.05, 0.1) is 12.1 Å². The number of ether oxygens (including phenoxy) is 1. The highest BCUT2D eigenvalue weighted by Crippen LogP contribution is 2.29. The van der Waals surface area contributed by atoms with Gasteiger partial charge in [0.15, 0.2) is 0 Å². The third kappa shape index (κ3) is 5.81. The van der Waals surface area contributed by atoms with Crippen LogP contribution < -0.4 is 10.1 Å². The van der Waals surface area contributed by atoms with Crippen LogP contribution in [0.3, 0.4) is 0 Å². The molecule has 1 aliphatic heterocycles. The van der Waals surface area contributed by atoms with E-state index >= 15 is 0 Å². The fourth-order valence-electron chi connectivity index (χ4n) is 2.01. The number of nitrogens with one attached hydrogen (secondary N) is 1. The van der Waals surface area contributed by atoms with Crippen molar-refractivity contribution in [1.29, 1.82) is 0 Å². The van der Waals surface area contributed by atoms with E-state index in [0.717, 1.165) is 49.3 Å². The van der Waals surface area contributed by atoms with Gasteiger partial charge in [-0.05, 0) is 18.2 Å². The number of pyridine rings is 1. The molecule has 1 aliphatic rings. The molecule has 1 aromatic heterocycles. The Kier molecular flexibility index (Phi) is 6.37. The first kappa shape index (κ1) is 17.7. The summed E-state index contributed by atoms with van der Waals surface area (Å²) in [7, 11) is 0. The Morgan fingerprint density at radius 1 is 1.35 bits per heavy atom. The molecular formula is C14H18F3N3O2S. The summed E-state index contributed by atoms with van der Waals surface area (Å²) in [5, 5.41) is 2.73. The molecular weight excluding hydrogens is 331 g/mol. The molecule has 1 fully saturated rings. The average Bonchev–Trinajstić information content (AvgIpc) is 2.80. The van der Waals surface area contributed by atoms with E-state index in [4.69, 9.17) is 4.74 Å². The molecule has 1 aromatic rings. The van der Waals surface area contributed by atoms with Crippen LogP contribution in [-0.4, -0.2) is 53.7 Å². The highest BCUT2D eigenvalue weighted by Gasteiger charge is 2.30. The Balaban J connectivity index is 1.69. The number of nitrogens with zero attached hydrogens (tertiary/aromatic N) is 2. The Bertz CT molecular complexity index is 503. The number of thioether (sulfide) groups is 1. The minimum absolute atomic E-state index is 0.0958. The fourth-order valence-corrected chi connectivity index (χ4v) is 2.89. The zero-order valence-electron chi connectivity index (χ0n) is 12.4. The summed E-state index contributed by atoms with van der Waals surface area (Å²) in [5.41, 5.74) is -0.822. The summed E-state index contributed by atoms with van der Waals surface area (Å²) in [4.78, 5) is 17.3. The highest BCUT2D eigenvalue weighted by molar-refractivity contribution is 7.99. The van der Waals surface area contributed by atoms with Crippen molar-refractivity contribution in [2.75, 3.05) is 37.7 Å². The minimum atomic E-state index is -4.41. The maximum Gasteiger partial charge on any atom is 0.417 e. The van der Waals surface area contributed by atoms with Gasteiger partial charge in [-0.3, -0.25) is 0 Å². The van der Waals surface area contributed by atoms with Crippen LogP contribution in [0, 0.1) is 0 Å². The van der Waals surface area contributed by atoms with Crippen LogP contribution in [0.2, 0.25) is 0 Å². The molecule has 0 atom stereocenters. The van der Waals surface area contributed by atoms with Crippen molar-refractivity contribution in [1.82, 2.24) is 15.2 Å². The molecule has 0 saturated carbocycles. The van der Waals surface area contributed by atoms with Crippen molar-refractivity contribution in [3.63, 3.8) is 0 Å². The molecule has 128 valence electrons. The minimum Gasteiger partial charge on any atom is -0.476 e. The first-order chi connectivity index (χ1) is 11.0. The molecule has 0 aliphatic carbocycles. The second kappa shape index (κ2) is 8.28. The molecule has 9 heteroatoms. The number of hydrogen-bond acceptors (Lipinski definition) is 4. The molecule has 0 spiro atoms. The Hall–Kier alpha value is -1.64. The second-order valence-corrected chi connectivity index (χ2v) is 6.14. The van der Waals surface area contributed by atoms with Gasteiger partial charge in [-0.1, -0.05) is 0 Å². The predicted molar refractivity (Wildman–Crippen MR) is 81.6 cm³/mol. The van der Waals surface area contributed by atoms with E-state index in [2.05, 4.69) is 10.3 Å². The molecule has 23 heavy (non-hydrogen) atoms. The zero-order chi connectivity index (χ0) is 16.7. The quantitative estimate of drug-likeness (QED) is 0.849. The highest BCUT2D eigenvalue weighted by atomic mass is 32.2. The van der Waals surface area contributed by atoms with Crippen molar-refractivity contribution in [3.05, 3.63) is 23.9 Å². The van der Waals surface area contributed by atoms with Gasteiger partial charge in [-0.15, -0.1) is 0 Å². The third-order valence-corrected chi connectivity index (χ3v) is 4.25. The second-order valence-electron chi connectivity index (χ2n) is 4.92. The summed E-state index contributed by atoms with van der Waals surface area (Å²) in [6, 6.07) is 1.93. The number of urea groups is 1. The lowest BCUT2D eigenvalue weighted by atomic mass is 10.3. The van der Waals surface area contributed by atoms with Crippen molar-refractivity contribution in [2.45, 2.75) is 12.6 Å². The van der Waals surface area contributed by atoms with Gasteiger partial charge in [0.25, 0.3) is 0 Å². The summed E-state index contributed by atoms with van der Waals surface area (Å²) in [5.74, 6) is 2.09. The van der Waals surface area contributed by atoms with Gasteiger partial charge < -0.3 is 15.0 Å². The number of halogens is 3. The van der Waals surface area contributed by atoms with Gasteiger partial charge in [0.1, 0.15) is 6.61 Å². The van der Waals surface area contributed by atoms with Crippen LogP contribution in [0.4, 0.5) is 18.0 Å². The van der Waals surface area contributed by atoms with Gasteiger partial charge in [-0.2, -0.15) is 24.9 Å². The number of amides is 2. The largest absolute Gasteiger partial charge is 0.476 e. The van der Waals surface area contributed by atoms with Crippen molar-refractivity contribution in [3.8, 4) is 5.88 Å². The van der Waals surface area contributed by atoms with Gasteiger partial charge in [0, 0.05) is 31.1 Å². The van der Waals surface area contributed by atoms with Crippen LogP contribution >= 0.6 is 11.8 Å². The number of aromatic nitrogens is 1. The maximum atomic E-state index is 12.4. The molecule has 0 unspecified atom stereocenters. The Labute approximate surface area is 136 Å². The maximum absolute atomic E-state index is 12.4. The van der Waals surface area contributed by atoms with E-state index in [0.29, 0.717) is 0 Å². The zero-order valence-corrected chi connectivity index (χ0v) is 13.3. The van der Waals surface area contributed by atoms with E-state index in [-0.39, 0.29) is 25.1 Å². The van der Waals surface area contributed by atoms with Crippen LogP contribution in [0.5, 0.6) is 5.88 Å². The lowest BCUT2D eigenvalue weighted by molar-refractivity contribution is -0.137. The van der Waals surface area contributed by atoms with Crippen LogP contribution in [-0.2, 0) is 6.18 Å². The molecule has 5 nitrogen and oxygen atoms in total. The van der Waals surface area contributed by atoms with E-state index in [1.54, 1.807) is 4.90 Å². The Morgan fingerprint density at radius 3 is 2.87 bits per heavy atom. The molecule has 2 amide bonds. The van der Waals surface area contributed by atoms with Crippen molar-refractivity contribution in [2.24, 2.45) is 0 Å². The molecule has 2 rings (SSSR count). The van der Waals surface area contributed by atoms with Gasteiger partial charge in [0.2, 0.25) is 5.88 Å². The molecule has 1 saturated heterocycles. The number of alkyl halides is 3. The topological polar surface area (TPSA) is 54.5 Å². The van der Waals surface area contributed by atoms with Crippen LogP contribution in [0.1, 0.15) is 12.0 Å². The van der Waals surface area contributed by atoms with Crippen molar-refractivity contribution < 1.29 is 22.7 Å². The normalized spacial score (nSPS) is 15.9. The summed E-state index contributed by atoms with van der Waals surface area (Å²) in [6.45, 7) is 1.87. The lowest BCUT2D eigenvalue weighted by Crippen LogP contribution is -2.42. The molecule has 0 aromatic carbocycles. The fraction of sp³-hybridized carbons (Fsp3) is 0.571. The van der Waals surface area contributed by atoms with Crippen molar-refractivity contribution >= 4 is 17.8 Å². The lowest BCUT2D eigenvalue weighted by Gasteiger charge is -2.20. The van der Waals surface area contributed by atoms with E-state index in [1.165, 1.54) is 0 Å². The predicted octanol–water partition coefficient (Wildman–Crippen LogP) is 2.63. The first-order valence-electron chi connectivity index (χ1n) is 7.23. The van der Waals surface area contributed by atoms with Gasteiger partial charge >= 0.3 is 12.2 Å². The van der Waals surface area contributed by atoms with Crippen LogP contribution in [0.15, 0.2) is 18.3 Å². The SMILES string of the molecule is O=C(NCCOc1ccc(C(F)(F)F)cn1)N1CCCSCC1. The van der Waals surface area contributed by atoms with E-state index in [9.17, 15) is 18.0 Å². The number of carbonyl (C=O) groups is 1. The standard InChI is InChI=1S/C14H18F3N3O2S/c15-14(16,17)11-2-3-12(19-10-11)22-7-4-18-13(21)20-5-1-8-23-9-6-20/h2-3,10H,1,4-9H2,(H,18,21). The van der Waals surface area contributed by atoms with E-state index < -0.39 is 11.7 Å². The first-order valence-corrected chi connectivity index (χ1v) is 8.39. The molecule has 0 radical (unpaired) electrons. The molecule has 2 heterocycles. The smallest absolute Gasteiger partial charge is 0.417 e. The average molecular weight is 349 g/mol. The molecule has 0 bridgehead atoms. The monoisotopic (exact) mass is 349 g/mol. The third-order valence-electron chi connectivity index (χ3n) is 3.20. The van der Waals surface area contributed by atoms with Gasteiger partial charge in [-0.25, -0.2) is 9.78 Å². The number of hydrogen-bond donors (Lipinski definition) is 1.